The third-order valence-electron chi connectivity index (χ3n) is 3.36. The van der Waals surface area contributed by atoms with Gasteiger partial charge in [0.2, 0.25) is 5.91 Å². The fourth-order valence-electron chi connectivity index (χ4n) is 2.19. The maximum Gasteiger partial charge on any atom is 0.235 e. The Hall–Kier alpha value is -2.33. The predicted octanol–water partition coefficient (Wildman–Crippen LogP) is 4.27. The number of thioether (sulfide) groups is 1. The van der Waals surface area contributed by atoms with Crippen molar-refractivity contribution in [3.05, 3.63) is 66.4 Å². The standard InChI is InChI=1S/C18H16N2OS/c1-13-5-4-10-19-18(13)20-17(21)12-22-16-9-8-14-6-2-3-7-15(14)11-16/h2-11H,12H2,1H3,(H,19,20,21). The van der Waals surface area contributed by atoms with Crippen LogP contribution in [0, 0.1) is 6.92 Å². The highest BCUT2D eigenvalue weighted by Crippen LogP contribution is 2.23. The zero-order chi connectivity index (χ0) is 15.4. The van der Waals surface area contributed by atoms with Crippen molar-refractivity contribution in [2.24, 2.45) is 0 Å². The quantitative estimate of drug-likeness (QED) is 0.732. The summed E-state index contributed by atoms with van der Waals surface area (Å²) in [6, 6.07) is 18.2. The lowest BCUT2D eigenvalue weighted by atomic mass is 10.1. The normalized spacial score (nSPS) is 10.6. The van der Waals surface area contributed by atoms with Crippen LogP contribution in [-0.4, -0.2) is 16.6 Å². The summed E-state index contributed by atoms with van der Waals surface area (Å²) in [5.74, 6) is 0.959. The first-order valence-corrected chi connectivity index (χ1v) is 8.04. The number of fused-ring (bicyclic) bond motifs is 1. The van der Waals surface area contributed by atoms with Crippen molar-refractivity contribution in [3.63, 3.8) is 0 Å². The Morgan fingerprint density at radius 1 is 1.09 bits per heavy atom. The lowest BCUT2D eigenvalue weighted by Crippen LogP contribution is -2.15. The molecule has 3 aromatic rings. The molecule has 1 N–H and O–H groups in total. The maximum atomic E-state index is 12.0. The van der Waals surface area contributed by atoms with Gasteiger partial charge in [0.05, 0.1) is 5.75 Å². The van der Waals surface area contributed by atoms with Crippen molar-refractivity contribution in [1.29, 1.82) is 0 Å². The van der Waals surface area contributed by atoms with E-state index in [2.05, 4.69) is 34.6 Å². The highest BCUT2D eigenvalue weighted by Gasteiger charge is 2.06. The lowest BCUT2D eigenvalue weighted by Gasteiger charge is -2.07. The van der Waals surface area contributed by atoms with Gasteiger partial charge in [-0.25, -0.2) is 4.98 Å². The molecule has 0 bridgehead atoms. The highest BCUT2D eigenvalue weighted by atomic mass is 32.2. The van der Waals surface area contributed by atoms with E-state index in [-0.39, 0.29) is 5.91 Å². The van der Waals surface area contributed by atoms with Gasteiger partial charge < -0.3 is 5.32 Å². The molecule has 22 heavy (non-hydrogen) atoms. The van der Waals surface area contributed by atoms with Crippen LogP contribution >= 0.6 is 11.8 Å². The molecule has 1 aromatic heterocycles. The van der Waals surface area contributed by atoms with Gasteiger partial charge in [-0.05, 0) is 41.5 Å². The van der Waals surface area contributed by atoms with Crippen molar-refractivity contribution >= 4 is 34.3 Å². The van der Waals surface area contributed by atoms with E-state index in [1.807, 2.05) is 37.3 Å². The number of aryl methyl sites for hydroxylation is 1. The molecule has 4 heteroatoms. The fourth-order valence-corrected chi connectivity index (χ4v) is 2.94. The molecule has 0 radical (unpaired) electrons. The molecule has 0 atom stereocenters. The number of carbonyl (C=O) groups excluding carboxylic acids is 1. The Morgan fingerprint density at radius 2 is 1.91 bits per heavy atom. The summed E-state index contributed by atoms with van der Waals surface area (Å²) in [7, 11) is 0. The van der Waals surface area contributed by atoms with Crippen molar-refractivity contribution in [1.82, 2.24) is 4.98 Å². The van der Waals surface area contributed by atoms with Crippen LogP contribution in [0.15, 0.2) is 65.7 Å². The minimum absolute atomic E-state index is 0.0417. The largest absolute Gasteiger partial charge is 0.310 e. The second-order valence-corrected chi connectivity index (χ2v) is 6.06. The van der Waals surface area contributed by atoms with Crippen molar-refractivity contribution in [2.75, 3.05) is 11.1 Å². The highest BCUT2D eigenvalue weighted by molar-refractivity contribution is 8.00. The fraction of sp³-hybridized carbons (Fsp3) is 0.111. The number of aromatic nitrogens is 1. The van der Waals surface area contributed by atoms with E-state index < -0.39 is 0 Å². The monoisotopic (exact) mass is 308 g/mol. The topological polar surface area (TPSA) is 42.0 Å². The summed E-state index contributed by atoms with van der Waals surface area (Å²) in [6.45, 7) is 1.93. The number of hydrogen-bond acceptors (Lipinski definition) is 3. The van der Waals surface area contributed by atoms with Crippen LogP contribution in [-0.2, 0) is 4.79 Å². The van der Waals surface area contributed by atoms with Gasteiger partial charge in [-0.3, -0.25) is 4.79 Å². The summed E-state index contributed by atoms with van der Waals surface area (Å²) in [5.41, 5.74) is 0.964. The van der Waals surface area contributed by atoms with E-state index in [1.165, 1.54) is 22.5 Å². The van der Waals surface area contributed by atoms with Gasteiger partial charge in [-0.1, -0.05) is 36.4 Å². The third kappa shape index (κ3) is 3.46. The van der Waals surface area contributed by atoms with E-state index in [0.717, 1.165) is 10.5 Å². The predicted molar refractivity (Wildman–Crippen MR) is 92.3 cm³/mol. The number of carbonyl (C=O) groups is 1. The van der Waals surface area contributed by atoms with Crippen molar-refractivity contribution in [3.8, 4) is 0 Å². The first-order valence-electron chi connectivity index (χ1n) is 7.05. The molecule has 110 valence electrons. The molecule has 0 aliphatic rings. The Kier molecular flexibility index (Phi) is 4.39. The zero-order valence-corrected chi connectivity index (χ0v) is 13.1. The molecule has 3 nitrogen and oxygen atoms in total. The molecule has 0 fully saturated rings. The van der Waals surface area contributed by atoms with Crippen LogP contribution in [0.2, 0.25) is 0 Å². The molecule has 1 amide bonds. The molecule has 2 aromatic carbocycles. The van der Waals surface area contributed by atoms with Crippen molar-refractivity contribution in [2.45, 2.75) is 11.8 Å². The number of anilines is 1. The van der Waals surface area contributed by atoms with Gasteiger partial charge in [0.25, 0.3) is 0 Å². The van der Waals surface area contributed by atoms with E-state index in [9.17, 15) is 4.79 Å². The number of rotatable bonds is 4. The Labute approximate surface area is 133 Å². The average Bonchev–Trinajstić information content (AvgIpc) is 2.55. The number of pyridine rings is 1. The molecule has 0 unspecified atom stereocenters. The van der Waals surface area contributed by atoms with Crippen molar-refractivity contribution < 1.29 is 4.79 Å². The van der Waals surface area contributed by atoms with E-state index >= 15 is 0 Å². The number of amides is 1. The minimum atomic E-state index is -0.0417. The van der Waals surface area contributed by atoms with Gasteiger partial charge in [0.15, 0.2) is 0 Å². The Balaban J connectivity index is 1.63. The second kappa shape index (κ2) is 6.62. The lowest BCUT2D eigenvalue weighted by molar-refractivity contribution is -0.113. The molecular formula is C18H16N2OS. The summed E-state index contributed by atoms with van der Waals surface area (Å²) in [6.07, 6.45) is 1.68. The van der Waals surface area contributed by atoms with Gasteiger partial charge in [0, 0.05) is 11.1 Å². The Morgan fingerprint density at radius 3 is 2.73 bits per heavy atom. The summed E-state index contributed by atoms with van der Waals surface area (Å²) in [5, 5.41) is 5.24. The number of nitrogens with one attached hydrogen (secondary N) is 1. The first-order chi connectivity index (χ1) is 10.7. The first kappa shape index (κ1) is 14.6. The number of hydrogen-bond donors (Lipinski definition) is 1. The molecule has 0 aliphatic carbocycles. The van der Waals surface area contributed by atoms with Crippen LogP contribution in [0.25, 0.3) is 10.8 Å². The van der Waals surface area contributed by atoms with Gasteiger partial charge in [-0.15, -0.1) is 11.8 Å². The van der Waals surface area contributed by atoms with E-state index in [4.69, 9.17) is 0 Å². The van der Waals surface area contributed by atoms with Crippen LogP contribution in [0.4, 0.5) is 5.82 Å². The molecule has 0 spiro atoms. The number of benzene rings is 2. The molecule has 3 rings (SSSR count). The Bertz CT molecular complexity index is 817. The van der Waals surface area contributed by atoms with Crippen LogP contribution in [0.5, 0.6) is 0 Å². The molecule has 0 saturated carbocycles. The molecule has 1 heterocycles. The van der Waals surface area contributed by atoms with Crippen LogP contribution in [0.1, 0.15) is 5.56 Å². The van der Waals surface area contributed by atoms with E-state index in [1.54, 1.807) is 6.20 Å². The van der Waals surface area contributed by atoms with E-state index in [0.29, 0.717) is 11.6 Å². The number of nitrogens with zero attached hydrogens (tertiary/aromatic N) is 1. The molecule has 0 aliphatic heterocycles. The SMILES string of the molecule is Cc1cccnc1NC(=O)CSc1ccc2ccccc2c1. The second-order valence-electron chi connectivity index (χ2n) is 5.01. The molecular weight excluding hydrogens is 292 g/mol. The van der Waals surface area contributed by atoms with Crippen LogP contribution < -0.4 is 5.32 Å². The smallest absolute Gasteiger partial charge is 0.235 e. The maximum absolute atomic E-state index is 12.0. The molecule has 0 saturated heterocycles. The minimum Gasteiger partial charge on any atom is -0.310 e. The summed E-state index contributed by atoms with van der Waals surface area (Å²) in [4.78, 5) is 17.3. The van der Waals surface area contributed by atoms with Gasteiger partial charge in [0.1, 0.15) is 5.82 Å². The average molecular weight is 308 g/mol. The van der Waals surface area contributed by atoms with Gasteiger partial charge >= 0.3 is 0 Å². The van der Waals surface area contributed by atoms with Gasteiger partial charge in [-0.2, -0.15) is 0 Å². The van der Waals surface area contributed by atoms with Crippen LogP contribution in [0.3, 0.4) is 0 Å². The summed E-state index contributed by atoms with van der Waals surface area (Å²) < 4.78 is 0. The zero-order valence-electron chi connectivity index (χ0n) is 12.2. The summed E-state index contributed by atoms with van der Waals surface area (Å²) >= 11 is 1.53. The third-order valence-corrected chi connectivity index (χ3v) is 4.35.